The number of hydrogen-bond acceptors (Lipinski definition) is 4. The topological polar surface area (TPSA) is 22.6 Å². The average Bonchev–Trinajstić information content (AvgIpc) is 3.62. The maximum absolute atomic E-state index is 13.0. The molecule has 1 aliphatic heterocycles. The molecule has 1 aromatic heterocycles. The molecule has 33 heavy (non-hydrogen) atoms. The number of halogens is 3. The summed E-state index contributed by atoms with van der Waals surface area (Å²) in [6.07, 6.45) is 0.580. The lowest BCUT2D eigenvalue weighted by Crippen LogP contribution is -2.47. The van der Waals surface area contributed by atoms with Crippen LogP contribution in [-0.2, 0) is 12.7 Å². The van der Waals surface area contributed by atoms with E-state index < -0.39 is 11.7 Å². The Balaban J connectivity index is 1.44. The van der Waals surface area contributed by atoms with Crippen LogP contribution in [0.2, 0.25) is 0 Å². The first-order valence-electron chi connectivity index (χ1n) is 11.8. The third kappa shape index (κ3) is 5.76. The summed E-state index contributed by atoms with van der Waals surface area (Å²) in [6, 6.07) is 13.2. The van der Waals surface area contributed by atoms with Crippen LogP contribution in [-0.4, -0.2) is 53.0 Å². The van der Waals surface area contributed by atoms with Crippen molar-refractivity contribution in [2.24, 2.45) is 0 Å². The lowest BCUT2D eigenvalue weighted by Gasteiger charge is -2.36. The van der Waals surface area contributed by atoms with Gasteiger partial charge in [-0.05, 0) is 49.9 Å². The van der Waals surface area contributed by atoms with Crippen molar-refractivity contribution in [1.29, 1.82) is 0 Å². The highest BCUT2D eigenvalue weighted by Gasteiger charge is 2.49. The van der Waals surface area contributed by atoms with E-state index in [9.17, 15) is 13.2 Å². The first-order valence-corrected chi connectivity index (χ1v) is 11.8. The fraction of sp³-hybridized carbons (Fsp3) is 0.500. The summed E-state index contributed by atoms with van der Waals surface area (Å²) < 4.78 is 39.0. The van der Waals surface area contributed by atoms with E-state index in [-0.39, 0.29) is 5.54 Å². The quantitative estimate of drug-likeness (QED) is 0.516. The molecule has 2 aliphatic rings. The van der Waals surface area contributed by atoms with E-state index in [1.807, 2.05) is 17.9 Å². The Morgan fingerprint density at radius 3 is 2.42 bits per heavy atom. The van der Waals surface area contributed by atoms with Gasteiger partial charge in [-0.25, -0.2) is 4.98 Å². The third-order valence-electron chi connectivity index (χ3n) is 6.93. The van der Waals surface area contributed by atoms with Crippen LogP contribution in [0.3, 0.4) is 0 Å². The number of alkyl halides is 3. The molecule has 0 spiro atoms. The van der Waals surface area contributed by atoms with Crippen molar-refractivity contribution in [3.63, 3.8) is 0 Å². The minimum absolute atomic E-state index is 0.0469. The van der Waals surface area contributed by atoms with Gasteiger partial charge in [-0.1, -0.05) is 43.8 Å². The number of anilines is 1. The number of hydrogen-bond donors (Lipinski definition) is 0. The number of rotatable bonds is 8. The van der Waals surface area contributed by atoms with E-state index >= 15 is 0 Å². The highest BCUT2D eigenvalue weighted by molar-refractivity contribution is 5.47. The van der Waals surface area contributed by atoms with Gasteiger partial charge in [0.15, 0.2) is 0 Å². The molecule has 0 amide bonds. The summed E-state index contributed by atoms with van der Waals surface area (Å²) in [6.45, 7) is 12.0. The van der Waals surface area contributed by atoms with Crippen LogP contribution in [0.4, 0.5) is 19.0 Å². The Morgan fingerprint density at radius 1 is 1.06 bits per heavy atom. The molecule has 0 radical (unpaired) electrons. The zero-order valence-corrected chi connectivity index (χ0v) is 19.3. The molecule has 0 unspecified atom stereocenters. The Kier molecular flexibility index (Phi) is 7.10. The van der Waals surface area contributed by atoms with Crippen molar-refractivity contribution < 1.29 is 13.2 Å². The van der Waals surface area contributed by atoms with Gasteiger partial charge in [-0.15, -0.1) is 0 Å². The maximum atomic E-state index is 13.0. The van der Waals surface area contributed by atoms with Crippen LogP contribution in [0.5, 0.6) is 0 Å². The second kappa shape index (κ2) is 9.85. The molecule has 0 N–H and O–H groups in total. The number of allylic oxidation sites excluding steroid dienone is 1. The monoisotopic (exact) mass is 458 g/mol. The fourth-order valence-corrected chi connectivity index (χ4v) is 4.72. The molecule has 2 fully saturated rings. The molecule has 7 heteroatoms. The second-order valence-corrected chi connectivity index (χ2v) is 9.24. The molecule has 178 valence electrons. The summed E-state index contributed by atoms with van der Waals surface area (Å²) in [7, 11) is 0. The second-order valence-electron chi connectivity index (χ2n) is 9.24. The number of benzene rings is 1. The van der Waals surface area contributed by atoms with Crippen molar-refractivity contribution in [2.75, 3.05) is 37.6 Å². The van der Waals surface area contributed by atoms with Crippen LogP contribution < -0.4 is 4.90 Å². The first kappa shape index (κ1) is 23.8. The fourth-order valence-electron chi connectivity index (χ4n) is 4.72. The Labute approximate surface area is 194 Å². The Bertz CT molecular complexity index is 923. The predicted octanol–water partition coefficient (Wildman–Crippen LogP) is 5.57. The standard InChI is InChI=1S/C26H33F3N4/c1-3-21(2)33(24-11-10-23(18-30-24)26(27,28)29)20-25(12-13-25)32-15-7-14-31(16-17-32)19-22-8-5-4-6-9-22/h4-6,8-11,18H,2-3,7,12-17,19-20H2,1H3. The highest BCUT2D eigenvalue weighted by Crippen LogP contribution is 2.44. The molecule has 0 atom stereocenters. The third-order valence-corrected chi connectivity index (χ3v) is 6.93. The molecular formula is C26H33F3N4. The molecule has 4 rings (SSSR count). The summed E-state index contributed by atoms with van der Waals surface area (Å²) in [5, 5.41) is 0. The Hall–Kier alpha value is -2.38. The summed E-state index contributed by atoms with van der Waals surface area (Å²) in [4.78, 5) is 11.3. The average molecular weight is 459 g/mol. The molecule has 2 heterocycles. The lowest BCUT2D eigenvalue weighted by molar-refractivity contribution is -0.137. The van der Waals surface area contributed by atoms with Crippen LogP contribution in [0.25, 0.3) is 0 Å². The number of aromatic nitrogens is 1. The van der Waals surface area contributed by atoms with Gasteiger partial charge in [0.05, 0.1) is 5.56 Å². The minimum atomic E-state index is -4.38. The molecule has 4 nitrogen and oxygen atoms in total. The van der Waals surface area contributed by atoms with Crippen molar-refractivity contribution in [1.82, 2.24) is 14.8 Å². The smallest absolute Gasteiger partial charge is 0.329 e. The highest BCUT2D eigenvalue weighted by atomic mass is 19.4. The van der Waals surface area contributed by atoms with Crippen molar-refractivity contribution in [2.45, 2.75) is 50.9 Å². The van der Waals surface area contributed by atoms with Crippen LogP contribution >= 0.6 is 0 Å². The van der Waals surface area contributed by atoms with Crippen LogP contribution in [0.15, 0.2) is 60.9 Å². The first-order chi connectivity index (χ1) is 15.8. The van der Waals surface area contributed by atoms with Crippen LogP contribution in [0.1, 0.15) is 43.7 Å². The number of pyridine rings is 1. The van der Waals surface area contributed by atoms with Gasteiger partial charge in [0.1, 0.15) is 5.82 Å². The van der Waals surface area contributed by atoms with Crippen LogP contribution in [0, 0.1) is 0 Å². The largest absolute Gasteiger partial charge is 0.417 e. The van der Waals surface area contributed by atoms with Gasteiger partial charge < -0.3 is 4.90 Å². The lowest BCUT2D eigenvalue weighted by atomic mass is 10.1. The summed E-state index contributed by atoms with van der Waals surface area (Å²) in [5.74, 6) is 0.543. The SMILES string of the molecule is C=C(CC)N(CC1(N2CCCN(Cc3ccccc3)CC2)CC1)c1ccc(C(F)(F)F)cn1. The van der Waals surface area contributed by atoms with Gasteiger partial charge in [0, 0.05) is 50.2 Å². The summed E-state index contributed by atoms with van der Waals surface area (Å²) >= 11 is 0. The molecule has 0 bridgehead atoms. The minimum Gasteiger partial charge on any atom is -0.329 e. The van der Waals surface area contributed by atoms with Gasteiger partial charge in [-0.2, -0.15) is 13.2 Å². The van der Waals surface area contributed by atoms with Crippen molar-refractivity contribution >= 4 is 5.82 Å². The van der Waals surface area contributed by atoms with E-state index in [0.717, 1.165) is 82.9 Å². The molecule has 1 saturated heterocycles. The molecule has 1 aliphatic carbocycles. The zero-order valence-electron chi connectivity index (χ0n) is 19.3. The van der Waals surface area contributed by atoms with E-state index in [1.54, 1.807) is 0 Å². The molecule has 1 saturated carbocycles. The van der Waals surface area contributed by atoms with E-state index in [4.69, 9.17) is 0 Å². The number of nitrogens with zero attached hydrogens (tertiary/aromatic N) is 4. The molecule has 1 aromatic carbocycles. The van der Waals surface area contributed by atoms with E-state index in [0.29, 0.717) is 5.82 Å². The van der Waals surface area contributed by atoms with E-state index in [1.165, 1.54) is 11.6 Å². The van der Waals surface area contributed by atoms with Gasteiger partial charge in [-0.3, -0.25) is 9.80 Å². The van der Waals surface area contributed by atoms with Gasteiger partial charge >= 0.3 is 6.18 Å². The normalized spacial score (nSPS) is 19.2. The Morgan fingerprint density at radius 2 is 1.82 bits per heavy atom. The molecule has 2 aromatic rings. The van der Waals surface area contributed by atoms with Crippen molar-refractivity contribution in [3.8, 4) is 0 Å². The maximum Gasteiger partial charge on any atom is 0.417 e. The van der Waals surface area contributed by atoms with Gasteiger partial charge in [0.25, 0.3) is 0 Å². The predicted molar refractivity (Wildman–Crippen MR) is 126 cm³/mol. The van der Waals surface area contributed by atoms with Gasteiger partial charge in [0.2, 0.25) is 0 Å². The zero-order chi connectivity index (χ0) is 23.5. The van der Waals surface area contributed by atoms with Crippen molar-refractivity contribution in [3.05, 3.63) is 72.1 Å². The van der Waals surface area contributed by atoms with E-state index in [2.05, 4.69) is 45.6 Å². The summed E-state index contributed by atoms with van der Waals surface area (Å²) in [5.41, 5.74) is 1.55. The molecular weight excluding hydrogens is 425 g/mol.